The van der Waals surface area contributed by atoms with Crippen LogP contribution in [0.25, 0.3) is 11.1 Å². The van der Waals surface area contributed by atoms with E-state index in [2.05, 4.69) is 11.9 Å². The van der Waals surface area contributed by atoms with Gasteiger partial charge in [-0.1, -0.05) is 48.4 Å². The van der Waals surface area contributed by atoms with Crippen molar-refractivity contribution in [3.8, 4) is 22.6 Å². The van der Waals surface area contributed by atoms with Crippen molar-refractivity contribution >= 4 is 5.78 Å². The van der Waals surface area contributed by atoms with Crippen molar-refractivity contribution in [3.05, 3.63) is 81.3 Å². The first-order valence-corrected chi connectivity index (χ1v) is 11.1. The lowest BCUT2D eigenvalue weighted by molar-refractivity contribution is 0.101. The predicted molar refractivity (Wildman–Crippen MR) is 126 cm³/mol. The number of aromatic nitrogens is 1. The molecule has 2 aliphatic rings. The molecular weight excluding hydrogens is 402 g/mol. The number of benzene rings is 1. The van der Waals surface area contributed by atoms with E-state index >= 15 is 0 Å². The van der Waals surface area contributed by atoms with E-state index in [1.54, 1.807) is 12.1 Å². The number of carbonyl (C=O) groups is 1. The van der Waals surface area contributed by atoms with Crippen LogP contribution in [0.2, 0.25) is 0 Å². The van der Waals surface area contributed by atoms with Crippen LogP contribution in [0.15, 0.2) is 70.2 Å². The average Bonchev–Trinajstić information content (AvgIpc) is 2.76. The highest BCUT2D eigenvalue weighted by molar-refractivity contribution is 6.12. The van der Waals surface area contributed by atoms with Crippen molar-refractivity contribution in [2.45, 2.75) is 40.0 Å². The molecule has 5 heteroatoms. The quantitative estimate of drug-likeness (QED) is 0.439. The van der Waals surface area contributed by atoms with Gasteiger partial charge in [0.15, 0.2) is 5.78 Å². The van der Waals surface area contributed by atoms with Gasteiger partial charge in [-0.15, -0.1) is 0 Å². The summed E-state index contributed by atoms with van der Waals surface area (Å²) in [5, 5.41) is 20.5. The Hall–Kier alpha value is -3.34. The second-order valence-corrected chi connectivity index (χ2v) is 8.98. The molecule has 2 aliphatic carbocycles. The maximum Gasteiger partial charge on any atom is 0.263 e. The molecule has 166 valence electrons. The predicted octanol–water partition coefficient (Wildman–Crippen LogP) is 5.52. The molecule has 0 radical (unpaired) electrons. The fourth-order valence-corrected chi connectivity index (χ4v) is 5.17. The van der Waals surface area contributed by atoms with Gasteiger partial charge in [0.2, 0.25) is 0 Å². The SMILES string of the molecule is CC=CC1C(C(=O)c2c(O)c(-c3ccc(O)cc3)c[nH]c2=O)=CC(C)=C2CCC(C)CC21. The van der Waals surface area contributed by atoms with Crippen LogP contribution in [0.3, 0.4) is 0 Å². The summed E-state index contributed by atoms with van der Waals surface area (Å²) in [5.41, 5.74) is 3.12. The van der Waals surface area contributed by atoms with E-state index in [0.29, 0.717) is 22.6 Å². The van der Waals surface area contributed by atoms with Gasteiger partial charge in [0.25, 0.3) is 5.56 Å². The molecule has 0 amide bonds. The number of aromatic hydroxyl groups is 2. The number of pyridine rings is 1. The maximum absolute atomic E-state index is 13.7. The first kappa shape index (κ1) is 21.9. The Bertz CT molecular complexity index is 1200. The first-order chi connectivity index (χ1) is 15.3. The second kappa shape index (κ2) is 8.65. The number of ketones is 1. The highest BCUT2D eigenvalue weighted by Crippen LogP contribution is 2.46. The molecule has 5 nitrogen and oxygen atoms in total. The number of Topliss-reactive ketones (excluding diaryl/α,β-unsaturated/α-hetero) is 1. The molecule has 0 saturated heterocycles. The van der Waals surface area contributed by atoms with Crippen molar-refractivity contribution in [2.75, 3.05) is 0 Å². The Morgan fingerprint density at radius 3 is 2.59 bits per heavy atom. The lowest BCUT2D eigenvalue weighted by atomic mass is 9.65. The Morgan fingerprint density at radius 1 is 1.19 bits per heavy atom. The number of rotatable bonds is 4. The zero-order chi connectivity index (χ0) is 23.0. The maximum atomic E-state index is 13.7. The summed E-state index contributed by atoms with van der Waals surface area (Å²) in [6.07, 6.45) is 10.5. The normalized spacial score (nSPS) is 23.2. The average molecular weight is 432 g/mol. The Balaban J connectivity index is 1.83. The second-order valence-electron chi connectivity index (χ2n) is 8.98. The molecule has 1 fully saturated rings. The number of aromatic amines is 1. The number of hydrogen-bond acceptors (Lipinski definition) is 4. The van der Waals surface area contributed by atoms with Crippen molar-refractivity contribution in [1.29, 1.82) is 0 Å². The third-order valence-corrected chi connectivity index (χ3v) is 6.82. The number of fused-ring (bicyclic) bond motifs is 1. The fraction of sp³-hybridized carbons (Fsp3) is 0.333. The molecular formula is C27H29NO4. The van der Waals surface area contributed by atoms with E-state index in [1.807, 2.05) is 32.1 Å². The number of allylic oxidation sites excluding steroid dienone is 6. The van der Waals surface area contributed by atoms with Crippen LogP contribution in [0.5, 0.6) is 11.5 Å². The van der Waals surface area contributed by atoms with Crippen LogP contribution in [0.1, 0.15) is 50.4 Å². The Labute approximate surface area is 187 Å². The van der Waals surface area contributed by atoms with Gasteiger partial charge in [-0.2, -0.15) is 0 Å². The fourth-order valence-electron chi connectivity index (χ4n) is 5.17. The minimum absolute atomic E-state index is 0.0929. The molecule has 0 aliphatic heterocycles. The number of hydrogen-bond donors (Lipinski definition) is 3. The van der Waals surface area contributed by atoms with Gasteiger partial charge in [0.05, 0.1) is 0 Å². The van der Waals surface area contributed by atoms with Crippen LogP contribution in [0, 0.1) is 17.8 Å². The third-order valence-electron chi connectivity index (χ3n) is 6.82. The minimum atomic E-state index is -0.611. The van der Waals surface area contributed by atoms with Crippen molar-refractivity contribution in [1.82, 2.24) is 4.98 Å². The van der Waals surface area contributed by atoms with Gasteiger partial charge in [0, 0.05) is 23.3 Å². The van der Waals surface area contributed by atoms with Crippen LogP contribution < -0.4 is 5.56 Å². The molecule has 4 rings (SSSR count). The molecule has 3 atom stereocenters. The monoisotopic (exact) mass is 431 g/mol. The molecule has 1 saturated carbocycles. The lowest BCUT2D eigenvalue weighted by Crippen LogP contribution is -2.31. The number of carbonyl (C=O) groups excluding carboxylic acids is 1. The van der Waals surface area contributed by atoms with Gasteiger partial charge in [0.1, 0.15) is 17.1 Å². The highest BCUT2D eigenvalue weighted by atomic mass is 16.3. The molecule has 3 unspecified atom stereocenters. The Kier molecular flexibility index (Phi) is 5.92. The van der Waals surface area contributed by atoms with Crippen molar-refractivity contribution in [2.24, 2.45) is 17.8 Å². The van der Waals surface area contributed by atoms with Gasteiger partial charge < -0.3 is 15.2 Å². The summed E-state index contributed by atoms with van der Waals surface area (Å²) in [5.74, 6) is 0.00674. The molecule has 1 heterocycles. The number of H-pyrrole nitrogens is 1. The van der Waals surface area contributed by atoms with Crippen molar-refractivity contribution < 1.29 is 15.0 Å². The van der Waals surface area contributed by atoms with Gasteiger partial charge >= 0.3 is 0 Å². The topological polar surface area (TPSA) is 90.4 Å². The highest BCUT2D eigenvalue weighted by Gasteiger charge is 2.38. The van der Waals surface area contributed by atoms with Gasteiger partial charge in [-0.3, -0.25) is 9.59 Å². The molecule has 1 aromatic carbocycles. The van der Waals surface area contributed by atoms with Gasteiger partial charge in [-0.05, 0) is 62.6 Å². The van der Waals surface area contributed by atoms with Crippen LogP contribution in [-0.2, 0) is 0 Å². The molecule has 2 aromatic rings. The largest absolute Gasteiger partial charge is 0.508 e. The molecule has 3 N–H and O–H groups in total. The van der Waals surface area contributed by atoms with E-state index in [1.165, 1.54) is 23.9 Å². The van der Waals surface area contributed by atoms with Crippen LogP contribution >= 0.6 is 0 Å². The Morgan fingerprint density at radius 2 is 1.91 bits per heavy atom. The zero-order valence-corrected chi connectivity index (χ0v) is 18.7. The van der Waals surface area contributed by atoms with Crippen LogP contribution in [-0.4, -0.2) is 21.0 Å². The lowest BCUT2D eigenvalue weighted by Gasteiger charge is -2.39. The molecule has 32 heavy (non-hydrogen) atoms. The minimum Gasteiger partial charge on any atom is -0.508 e. The molecule has 1 aromatic heterocycles. The summed E-state index contributed by atoms with van der Waals surface area (Å²) in [7, 11) is 0. The van der Waals surface area contributed by atoms with Gasteiger partial charge in [-0.25, -0.2) is 0 Å². The third kappa shape index (κ3) is 3.83. The van der Waals surface area contributed by atoms with Crippen molar-refractivity contribution in [3.63, 3.8) is 0 Å². The molecule has 0 bridgehead atoms. The summed E-state index contributed by atoms with van der Waals surface area (Å²) >= 11 is 0. The summed E-state index contributed by atoms with van der Waals surface area (Å²) in [6, 6.07) is 6.24. The summed E-state index contributed by atoms with van der Waals surface area (Å²) < 4.78 is 0. The van der Waals surface area contributed by atoms with Crippen LogP contribution in [0.4, 0.5) is 0 Å². The number of phenols is 1. The van der Waals surface area contributed by atoms with E-state index in [4.69, 9.17) is 0 Å². The van der Waals surface area contributed by atoms with E-state index in [-0.39, 0.29) is 28.9 Å². The zero-order valence-electron chi connectivity index (χ0n) is 18.7. The summed E-state index contributed by atoms with van der Waals surface area (Å²) in [4.78, 5) is 29.0. The van der Waals surface area contributed by atoms with E-state index in [9.17, 15) is 19.8 Å². The van der Waals surface area contributed by atoms with E-state index < -0.39 is 11.3 Å². The summed E-state index contributed by atoms with van der Waals surface area (Å²) in [6.45, 7) is 6.22. The number of phenolic OH excluding ortho intramolecular Hbond substituents is 1. The smallest absolute Gasteiger partial charge is 0.263 e. The molecule has 0 spiro atoms. The van der Waals surface area contributed by atoms with E-state index in [0.717, 1.165) is 24.8 Å². The first-order valence-electron chi connectivity index (χ1n) is 11.1. The standard InChI is InChI=1S/C27H29NO4/c1-4-5-20-21-12-15(2)6-11-19(21)16(3)13-22(20)25(30)24-26(31)23(14-28-27(24)32)17-7-9-18(29)10-8-17/h4-5,7-10,13-15,20-21,29H,6,11-12H2,1-3H3,(H2,28,31,32). The number of nitrogens with one attached hydrogen (secondary N) is 1.